The molecule has 2 N–H and O–H groups in total. The molecule has 0 aliphatic heterocycles. The molecule has 0 atom stereocenters. The summed E-state index contributed by atoms with van der Waals surface area (Å²) < 4.78 is 35.0. The topological polar surface area (TPSA) is 102 Å². The summed E-state index contributed by atoms with van der Waals surface area (Å²) in [6, 6.07) is 15.5. The normalized spacial score (nSPS) is 11.9. The molecule has 0 radical (unpaired) electrons. The highest BCUT2D eigenvalue weighted by atomic mass is 32.2. The molecule has 0 unspecified atom stereocenters. The van der Waals surface area contributed by atoms with Crippen molar-refractivity contribution in [3.05, 3.63) is 66.5 Å². The summed E-state index contributed by atoms with van der Waals surface area (Å²) in [5, 5.41) is 6.96. The second kappa shape index (κ2) is 8.29. The summed E-state index contributed by atoms with van der Waals surface area (Å²) in [6.07, 6.45) is 1.59. The Hall–Kier alpha value is -3.17. The molecule has 9 heteroatoms. The van der Waals surface area contributed by atoms with Gasteiger partial charge in [0, 0.05) is 5.54 Å². The van der Waals surface area contributed by atoms with E-state index < -0.39 is 21.5 Å². The number of hydrogen-bond donors (Lipinski definition) is 2. The predicted molar refractivity (Wildman–Crippen MR) is 115 cm³/mol. The minimum atomic E-state index is -3.85. The van der Waals surface area contributed by atoms with E-state index in [2.05, 4.69) is 15.1 Å². The molecule has 0 fully saturated rings. The van der Waals surface area contributed by atoms with E-state index >= 15 is 0 Å². The second-order valence-electron chi connectivity index (χ2n) is 7.63. The Labute approximate surface area is 175 Å². The van der Waals surface area contributed by atoms with Crippen molar-refractivity contribution >= 4 is 21.6 Å². The SMILES string of the molecule is COc1cn(-c2ccccc2)nc1C(=O)Nc1ccccc1S(=O)(=O)NC(C)(C)C. The number of benzene rings is 2. The summed E-state index contributed by atoms with van der Waals surface area (Å²) in [4.78, 5) is 12.9. The van der Waals surface area contributed by atoms with E-state index in [9.17, 15) is 13.2 Å². The third-order valence-corrected chi connectivity index (χ3v) is 5.82. The first kappa shape index (κ1) is 21.5. The number of aromatic nitrogens is 2. The Kier molecular flexibility index (Phi) is 5.95. The lowest BCUT2D eigenvalue weighted by molar-refractivity contribution is 0.101. The molecular weight excluding hydrogens is 404 g/mol. The molecule has 3 aromatic rings. The van der Waals surface area contributed by atoms with Crippen LogP contribution in [0.25, 0.3) is 5.69 Å². The van der Waals surface area contributed by atoms with Crippen LogP contribution in [0.5, 0.6) is 5.75 Å². The van der Waals surface area contributed by atoms with Gasteiger partial charge < -0.3 is 10.1 Å². The van der Waals surface area contributed by atoms with Crippen LogP contribution >= 0.6 is 0 Å². The van der Waals surface area contributed by atoms with E-state index in [0.29, 0.717) is 0 Å². The van der Waals surface area contributed by atoms with E-state index in [0.717, 1.165) is 5.69 Å². The molecule has 0 saturated carbocycles. The van der Waals surface area contributed by atoms with Gasteiger partial charge in [0.2, 0.25) is 10.0 Å². The van der Waals surface area contributed by atoms with Gasteiger partial charge in [-0.15, -0.1) is 0 Å². The molecule has 2 aromatic carbocycles. The van der Waals surface area contributed by atoms with Crippen LogP contribution in [0.3, 0.4) is 0 Å². The van der Waals surface area contributed by atoms with Crippen molar-refractivity contribution in [1.29, 1.82) is 0 Å². The van der Waals surface area contributed by atoms with Crippen molar-refractivity contribution in [2.45, 2.75) is 31.2 Å². The number of methoxy groups -OCH3 is 1. The standard InChI is InChI=1S/C21H24N4O4S/c1-21(2,3)24-30(27,28)18-13-9-8-12-16(18)22-20(26)19-17(29-4)14-25(23-19)15-10-6-5-7-11-15/h5-14,24H,1-4H3,(H,22,26). The number of rotatable bonds is 6. The van der Waals surface area contributed by atoms with E-state index in [4.69, 9.17) is 4.74 Å². The third kappa shape index (κ3) is 4.87. The van der Waals surface area contributed by atoms with E-state index in [1.807, 2.05) is 30.3 Å². The minimum Gasteiger partial charge on any atom is -0.493 e. The molecule has 0 saturated heterocycles. The lowest BCUT2D eigenvalue weighted by Crippen LogP contribution is -2.40. The second-order valence-corrected chi connectivity index (χ2v) is 9.28. The fourth-order valence-electron chi connectivity index (χ4n) is 2.82. The Morgan fingerprint density at radius 3 is 2.30 bits per heavy atom. The number of sulfonamides is 1. The molecule has 0 aliphatic rings. The number of amides is 1. The highest BCUT2D eigenvalue weighted by molar-refractivity contribution is 7.89. The van der Waals surface area contributed by atoms with Crippen LogP contribution in [0, 0.1) is 0 Å². The molecule has 1 amide bonds. The molecule has 0 aliphatic carbocycles. The quantitative estimate of drug-likeness (QED) is 0.628. The van der Waals surface area contributed by atoms with Crippen LogP contribution in [0.15, 0.2) is 65.7 Å². The fourth-order valence-corrected chi connectivity index (χ4v) is 4.40. The minimum absolute atomic E-state index is 0.0327. The molecule has 30 heavy (non-hydrogen) atoms. The smallest absolute Gasteiger partial charge is 0.280 e. The van der Waals surface area contributed by atoms with Crippen LogP contribution in [0.1, 0.15) is 31.3 Å². The third-order valence-electron chi connectivity index (χ3n) is 4.00. The number of nitrogens with zero attached hydrogens (tertiary/aromatic N) is 2. The van der Waals surface area contributed by atoms with E-state index in [1.165, 1.54) is 23.9 Å². The van der Waals surface area contributed by atoms with Gasteiger partial charge in [0.25, 0.3) is 5.91 Å². The monoisotopic (exact) mass is 428 g/mol. The first-order chi connectivity index (χ1) is 14.1. The maximum Gasteiger partial charge on any atom is 0.280 e. The number of anilines is 1. The average Bonchev–Trinajstić information content (AvgIpc) is 3.12. The summed E-state index contributed by atoms with van der Waals surface area (Å²) in [6.45, 7) is 5.23. The Balaban J connectivity index is 1.94. The Bertz CT molecular complexity index is 1150. The number of para-hydroxylation sites is 2. The lowest BCUT2D eigenvalue weighted by atomic mass is 10.1. The van der Waals surface area contributed by atoms with E-state index in [1.54, 1.807) is 39.1 Å². The largest absolute Gasteiger partial charge is 0.493 e. The molecular formula is C21H24N4O4S. The van der Waals surface area contributed by atoms with Gasteiger partial charge in [-0.25, -0.2) is 17.8 Å². The predicted octanol–water partition coefficient (Wildman–Crippen LogP) is 3.21. The fraction of sp³-hybridized carbons (Fsp3) is 0.238. The first-order valence-electron chi connectivity index (χ1n) is 9.24. The molecule has 0 bridgehead atoms. The van der Waals surface area contributed by atoms with Gasteiger partial charge in [0.05, 0.1) is 24.7 Å². The van der Waals surface area contributed by atoms with Crippen molar-refractivity contribution in [1.82, 2.24) is 14.5 Å². The van der Waals surface area contributed by atoms with Gasteiger partial charge in [-0.2, -0.15) is 5.10 Å². The number of nitrogens with one attached hydrogen (secondary N) is 2. The number of carbonyl (C=O) groups is 1. The van der Waals surface area contributed by atoms with Gasteiger partial charge in [-0.1, -0.05) is 30.3 Å². The van der Waals surface area contributed by atoms with Crippen molar-refractivity contribution in [2.24, 2.45) is 0 Å². The van der Waals surface area contributed by atoms with Crippen LogP contribution in [-0.4, -0.2) is 36.8 Å². The molecule has 158 valence electrons. The van der Waals surface area contributed by atoms with Gasteiger partial charge in [0.1, 0.15) is 4.90 Å². The molecule has 0 spiro atoms. The van der Waals surface area contributed by atoms with Crippen molar-refractivity contribution in [2.75, 3.05) is 12.4 Å². The summed E-state index contributed by atoms with van der Waals surface area (Å²) in [7, 11) is -2.41. The summed E-state index contributed by atoms with van der Waals surface area (Å²) in [5.74, 6) is -0.315. The van der Waals surface area contributed by atoms with Gasteiger partial charge >= 0.3 is 0 Å². The van der Waals surface area contributed by atoms with Gasteiger partial charge in [0.15, 0.2) is 11.4 Å². The van der Waals surface area contributed by atoms with E-state index in [-0.39, 0.29) is 22.0 Å². The summed E-state index contributed by atoms with van der Waals surface area (Å²) in [5.41, 5.74) is 0.272. The molecule has 1 heterocycles. The highest BCUT2D eigenvalue weighted by Crippen LogP contribution is 2.25. The van der Waals surface area contributed by atoms with Gasteiger partial charge in [-0.05, 0) is 45.0 Å². The molecule has 1 aromatic heterocycles. The zero-order chi connectivity index (χ0) is 21.9. The maximum absolute atomic E-state index is 12.9. The van der Waals surface area contributed by atoms with Crippen LogP contribution in [0.2, 0.25) is 0 Å². The molecule has 8 nitrogen and oxygen atoms in total. The summed E-state index contributed by atoms with van der Waals surface area (Å²) >= 11 is 0. The highest BCUT2D eigenvalue weighted by Gasteiger charge is 2.26. The Morgan fingerprint density at radius 1 is 1.03 bits per heavy atom. The number of ether oxygens (including phenoxy) is 1. The first-order valence-corrected chi connectivity index (χ1v) is 10.7. The van der Waals surface area contributed by atoms with Crippen molar-refractivity contribution in [3.63, 3.8) is 0 Å². The number of hydrogen-bond acceptors (Lipinski definition) is 5. The van der Waals surface area contributed by atoms with Crippen LogP contribution in [0.4, 0.5) is 5.69 Å². The molecule has 3 rings (SSSR count). The maximum atomic E-state index is 12.9. The van der Waals surface area contributed by atoms with Crippen molar-refractivity contribution in [3.8, 4) is 11.4 Å². The van der Waals surface area contributed by atoms with Gasteiger partial charge in [-0.3, -0.25) is 4.79 Å². The van der Waals surface area contributed by atoms with Crippen LogP contribution in [-0.2, 0) is 10.0 Å². The Morgan fingerprint density at radius 2 is 1.67 bits per heavy atom. The van der Waals surface area contributed by atoms with Crippen molar-refractivity contribution < 1.29 is 17.9 Å². The zero-order valence-electron chi connectivity index (χ0n) is 17.2. The van der Waals surface area contributed by atoms with Crippen LogP contribution < -0.4 is 14.8 Å². The average molecular weight is 429 g/mol. The zero-order valence-corrected chi connectivity index (χ0v) is 18.0. The number of carbonyl (C=O) groups excluding carboxylic acids is 1. The lowest BCUT2D eigenvalue weighted by Gasteiger charge is -2.21.